The van der Waals surface area contributed by atoms with Crippen molar-refractivity contribution in [3.63, 3.8) is 0 Å². The molecule has 6 heteroatoms. The molecule has 0 bridgehead atoms. The van der Waals surface area contributed by atoms with E-state index in [1.54, 1.807) is 36.4 Å². The smallest absolute Gasteiger partial charge is 0.264 e. The second-order valence-electron chi connectivity index (χ2n) is 5.68. The molecular weight excluding hydrogens is 438 g/mol. The van der Waals surface area contributed by atoms with Gasteiger partial charge >= 0.3 is 0 Å². The van der Waals surface area contributed by atoms with E-state index in [9.17, 15) is 14.7 Å². The lowest BCUT2D eigenvalue weighted by atomic mass is 9.88. The summed E-state index contributed by atoms with van der Waals surface area (Å²) >= 11 is 6.69. The van der Waals surface area contributed by atoms with Crippen LogP contribution in [0.15, 0.2) is 51.4 Å². The normalized spacial score (nSPS) is 19.5. The van der Waals surface area contributed by atoms with Crippen LogP contribution in [-0.2, 0) is 10.4 Å². The van der Waals surface area contributed by atoms with Crippen LogP contribution in [0, 0.1) is 0 Å². The number of aliphatic hydroxyl groups is 1. The molecule has 0 aromatic heterocycles. The molecule has 0 fully saturated rings. The van der Waals surface area contributed by atoms with Gasteiger partial charge in [0.05, 0.1) is 12.1 Å². The average molecular weight is 453 g/mol. The minimum Gasteiger partial charge on any atom is -0.375 e. The largest absolute Gasteiger partial charge is 0.375 e. The second kappa shape index (κ2) is 6.43. The first-order valence-corrected chi connectivity index (χ1v) is 9.08. The Morgan fingerprint density at radius 1 is 1.12 bits per heavy atom. The van der Waals surface area contributed by atoms with E-state index >= 15 is 0 Å². The van der Waals surface area contributed by atoms with Gasteiger partial charge in [0.25, 0.3) is 5.91 Å². The van der Waals surface area contributed by atoms with E-state index in [0.29, 0.717) is 23.4 Å². The van der Waals surface area contributed by atoms with Crippen LogP contribution in [0.25, 0.3) is 0 Å². The fraction of sp³-hybridized carbons (Fsp3) is 0.222. The van der Waals surface area contributed by atoms with Gasteiger partial charge in [0.2, 0.25) is 0 Å². The molecule has 1 N–H and O–H groups in total. The molecule has 2 aromatic carbocycles. The van der Waals surface area contributed by atoms with Crippen molar-refractivity contribution in [1.82, 2.24) is 0 Å². The van der Waals surface area contributed by atoms with Gasteiger partial charge in [-0.25, -0.2) is 0 Å². The van der Waals surface area contributed by atoms with Crippen LogP contribution in [0.3, 0.4) is 0 Å². The predicted molar refractivity (Wildman–Crippen MR) is 99.2 cm³/mol. The van der Waals surface area contributed by atoms with Crippen LogP contribution in [0.4, 0.5) is 5.69 Å². The van der Waals surface area contributed by atoms with Crippen molar-refractivity contribution in [3.8, 4) is 0 Å². The summed E-state index contributed by atoms with van der Waals surface area (Å²) in [7, 11) is 0. The minimum absolute atomic E-state index is 0.276. The molecule has 24 heavy (non-hydrogen) atoms. The maximum atomic E-state index is 12.7. The van der Waals surface area contributed by atoms with Gasteiger partial charge in [-0.05, 0) is 37.3 Å². The van der Waals surface area contributed by atoms with Crippen molar-refractivity contribution in [1.29, 1.82) is 0 Å². The maximum Gasteiger partial charge on any atom is 0.264 e. The van der Waals surface area contributed by atoms with E-state index < -0.39 is 11.5 Å². The highest BCUT2D eigenvalue weighted by molar-refractivity contribution is 9.10. The molecule has 1 atom stereocenters. The van der Waals surface area contributed by atoms with E-state index in [1.807, 2.05) is 13.0 Å². The van der Waals surface area contributed by atoms with Gasteiger partial charge in [-0.1, -0.05) is 44.0 Å². The number of carbonyl (C=O) groups is 2. The first-order chi connectivity index (χ1) is 11.4. The van der Waals surface area contributed by atoms with Crippen molar-refractivity contribution in [2.75, 3.05) is 11.4 Å². The number of halogens is 2. The molecule has 4 nitrogen and oxygen atoms in total. The molecule has 0 saturated carbocycles. The Bertz CT molecular complexity index is 820. The standard InChI is InChI=1S/C18H15Br2NO3/c1-2-21-15-8-7-13(20)9-14(15)18(24,17(21)23)10-16(22)11-3-5-12(19)6-4-11/h3-9,24H,2,10H2,1H3/t18-/m1/s1. The van der Waals surface area contributed by atoms with E-state index in [1.165, 1.54) is 4.90 Å². The molecular formula is C18H15Br2NO3. The molecule has 0 aliphatic carbocycles. The zero-order chi connectivity index (χ0) is 17.5. The van der Waals surface area contributed by atoms with Crippen LogP contribution in [0.1, 0.15) is 29.3 Å². The summed E-state index contributed by atoms with van der Waals surface area (Å²) < 4.78 is 1.61. The van der Waals surface area contributed by atoms with E-state index in [4.69, 9.17) is 0 Å². The number of carbonyl (C=O) groups excluding carboxylic acids is 2. The summed E-state index contributed by atoms with van der Waals surface area (Å²) in [5.74, 6) is -0.731. The van der Waals surface area contributed by atoms with E-state index in [0.717, 1.165) is 8.95 Å². The first kappa shape index (κ1) is 17.3. The molecule has 1 aliphatic heterocycles. The summed E-state index contributed by atoms with van der Waals surface area (Å²) in [6.07, 6.45) is -0.284. The quantitative estimate of drug-likeness (QED) is 0.712. The number of fused-ring (bicyclic) bond motifs is 1. The van der Waals surface area contributed by atoms with Crippen LogP contribution >= 0.6 is 31.9 Å². The number of nitrogens with zero attached hydrogens (tertiary/aromatic N) is 1. The number of likely N-dealkylation sites (N-methyl/N-ethyl adjacent to an activating group) is 1. The van der Waals surface area contributed by atoms with Crippen molar-refractivity contribution < 1.29 is 14.7 Å². The number of rotatable bonds is 4. The van der Waals surface area contributed by atoms with Crippen LogP contribution < -0.4 is 4.90 Å². The van der Waals surface area contributed by atoms with Gasteiger partial charge in [-0.2, -0.15) is 0 Å². The fourth-order valence-electron chi connectivity index (χ4n) is 2.98. The van der Waals surface area contributed by atoms with Crippen LogP contribution in [0.2, 0.25) is 0 Å². The number of hydrogen-bond acceptors (Lipinski definition) is 3. The van der Waals surface area contributed by atoms with Gasteiger partial charge in [-0.3, -0.25) is 9.59 Å². The Balaban J connectivity index is 2.00. The summed E-state index contributed by atoms with van der Waals surface area (Å²) in [6, 6.07) is 12.2. The molecule has 0 saturated heterocycles. The fourth-order valence-corrected chi connectivity index (χ4v) is 3.60. The minimum atomic E-state index is -1.83. The topological polar surface area (TPSA) is 57.6 Å². The lowest BCUT2D eigenvalue weighted by Crippen LogP contribution is -2.41. The number of hydrogen-bond donors (Lipinski definition) is 1. The summed E-state index contributed by atoms with van der Waals surface area (Å²) in [5, 5.41) is 11.1. The molecule has 2 aromatic rings. The van der Waals surface area contributed by atoms with E-state index in [2.05, 4.69) is 31.9 Å². The number of anilines is 1. The maximum absolute atomic E-state index is 12.7. The third-order valence-corrected chi connectivity index (χ3v) is 5.21. The van der Waals surface area contributed by atoms with Crippen molar-refractivity contribution in [3.05, 3.63) is 62.5 Å². The van der Waals surface area contributed by atoms with Crippen molar-refractivity contribution >= 4 is 49.2 Å². The Kier molecular flexibility index (Phi) is 4.64. The average Bonchev–Trinajstić information content (AvgIpc) is 2.76. The van der Waals surface area contributed by atoms with Gasteiger partial charge in [0.1, 0.15) is 0 Å². The Labute approximate surface area is 156 Å². The van der Waals surface area contributed by atoms with Crippen LogP contribution in [-0.4, -0.2) is 23.3 Å². The number of benzene rings is 2. The summed E-state index contributed by atoms with van der Waals surface area (Å²) in [5.41, 5.74) is -0.254. The molecule has 0 radical (unpaired) electrons. The summed E-state index contributed by atoms with van der Waals surface area (Å²) in [6.45, 7) is 2.27. The molecule has 1 aliphatic rings. The lowest BCUT2D eigenvalue weighted by molar-refractivity contribution is -0.135. The third-order valence-electron chi connectivity index (χ3n) is 4.19. The highest BCUT2D eigenvalue weighted by Gasteiger charge is 2.50. The number of ketones is 1. The molecule has 3 rings (SSSR count). The predicted octanol–water partition coefficient (Wildman–Crippen LogP) is 4.04. The van der Waals surface area contributed by atoms with Crippen LogP contribution in [0.5, 0.6) is 0 Å². The van der Waals surface area contributed by atoms with Crippen molar-refractivity contribution in [2.45, 2.75) is 18.9 Å². The molecule has 0 spiro atoms. The zero-order valence-electron chi connectivity index (χ0n) is 12.9. The zero-order valence-corrected chi connectivity index (χ0v) is 16.1. The Morgan fingerprint density at radius 2 is 1.75 bits per heavy atom. The van der Waals surface area contributed by atoms with Gasteiger partial charge in [0, 0.05) is 26.6 Å². The second-order valence-corrected chi connectivity index (χ2v) is 7.51. The summed E-state index contributed by atoms with van der Waals surface area (Å²) in [4.78, 5) is 26.9. The van der Waals surface area contributed by atoms with Gasteiger partial charge in [-0.15, -0.1) is 0 Å². The van der Waals surface area contributed by atoms with Gasteiger partial charge < -0.3 is 10.0 Å². The Morgan fingerprint density at radius 3 is 2.38 bits per heavy atom. The molecule has 1 heterocycles. The highest BCUT2D eigenvalue weighted by atomic mass is 79.9. The molecule has 1 amide bonds. The van der Waals surface area contributed by atoms with Gasteiger partial charge in [0.15, 0.2) is 11.4 Å². The Hall–Kier alpha value is -1.50. The molecule has 124 valence electrons. The van der Waals surface area contributed by atoms with E-state index in [-0.39, 0.29) is 12.2 Å². The lowest BCUT2D eigenvalue weighted by Gasteiger charge is -2.22. The van der Waals surface area contributed by atoms with Crippen molar-refractivity contribution in [2.24, 2.45) is 0 Å². The monoisotopic (exact) mass is 451 g/mol. The SMILES string of the molecule is CCN1C(=O)[C@@](O)(CC(=O)c2ccc(Br)cc2)c2cc(Br)ccc21. The number of amides is 1. The number of Topliss-reactive ketones (excluding diaryl/α,β-unsaturated/α-hetero) is 1. The first-order valence-electron chi connectivity index (χ1n) is 7.50. The molecule has 0 unspecified atom stereocenters. The highest BCUT2D eigenvalue weighted by Crippen LogP contribution is 2.44. The third kappa shape index (κ3) is 2.83.